The van der Waals surface area contributed by atoms with Gasteiger partial charge in [-0.15, -0.1) is 0 Å². The molecule has 0 atom stereocenters. The van der Waals surface area contributed by atoms with Crippen LogP contribution in [0.3, 0.4) is 0 Å². The molecule has 0 radical (unpaired) electrons. The Kier molecular flexibility index (Phi) is 5.34. The quantitative estimate of drug-likeness (QED) is 0.626. The van der Waals surface area contributed by atoms with Crippen LogP contribution in [0.1, 0.15) is 23.2 Å². The molecule has 5 nitrogen and oxygen atoms in total. The first-order valence-corrected chi connectivity index (χ1v) is 9.84. The van der Waals surface area contributed by atoms with E-state index in [1.165, 1.54) is 12.1 Å². The van der Waals surface area contributed by atoms with E-state index >= 15 is 0 Å². The summed E-state index contributed by atoms with van der Waals surface area (Å²) in [6.45, 7) is 1.91. The van der Waals surface area contributed by atoms with Crippen molar-refractivity contribution in [3.05, 3.63) is 70.7 Å². The Morgan fingerprint density at radius 1 is 1.07 bits per heavy atom. The van der Waals surface area contributed by atoms with Crippen molar-refractivity contribution in [1.82, 2.24) is 9.97 Å². The molecule has 1 aliphatic rings. The van der Waals surface area contributed by atoms with E-state index in [0.717, 1.165) is 43.0 Å². The molecule has 142 valence electrons. The van der Waals surface area contributed by atoms with Crippen molar-refractivity contribution in [1.29, 1.82) is 0 Å². The number of hydrogen-bond acceptors (Lipinski definition) is 4. The minimum atomic E-state index is -0.496. The van der Waals surface area contributed by atoms with E-state index in [1.54, 1.807) is 36.7 Å². The van der Waals surface area contributed by atoms with E-state index < -0.39 is 5.82 Å². The van der Waals surface area contributed by atoms with Gasteiger partial charge in [0.15, 0.2) is 5.82 Å². The molecule has 2 heterocycles. The molecule has 1 saturated heterocycles. The Hall–Kier alpha value is -2.80. The van der Waals surface area contributed by atoms with E-state index in [1.807, 2.05) is 6.07 Å². The number of nitrogens with zero attached hydrogens (tertiary/aromatic N) is 3. The molecule has 0 saturated carbocycles. The average molecular weight is 441 g/mol. The minimum Gasteiger partial charge on any atom is -0.355 e. The first kappa shape index (κ1) is 18.6. The molecule has 1 N–H and O–H groups in total. The monoisotopic (exact) mass is 440 g/mol. The van der Waals surface area contributed by atoms with Crippen LogP contribution >= 0.6 is 15.9 Å². The molecule has 0 bridgehead atoms. The molecular formula is C21H18BrFN4O. The Morgan fingerprint density at radius 3 is 2.64 bits per heavy atom. The first-order chi connectivity index (χ1) is 13.6. The zero-order valence-corrected chi connectivity index (χ0v) is 16.6. The maximum atomic E-state index is 14.0. The lowest BCUT2D eigenvalue weighted by molar-refractivity contribution is 0.102. The molecule has 28 heavy (non-hydrogen) atoms. The summed E-state index contributed by atoms with van der Waals surface area (Å²) in [5.74, 6) is -0.0460. The fourth-order valence-corrected chi connectivity index (χ4v) is 3.62. The van der Waals surface area contributed by atoms with Crippen molar-refractivity contribution in [3.63, 3.8) is 0 Å². The van der Waals surface area contributed by atoms with Crippen molar-refractivity contribution in [2.24, 2.45) is 0 Å². The van der Waals surface area contributed by atoms with Crippen LogP contribution < -0.4 is 10.2 Å². The molecule has 0 spiro atoms. The number of nitrogens with one attached hydrogen (secondary N) is 1. The summed E-state index contributed by atoms with van der Waals surface area (Å²) < 4.78 is 14.6. The van der Waals surface area contributed by atoms with Crippen molar-refractivity contribution in [2.75, 3.05) is 23.3 Å². The highest BCUT2D eigenvalue weighted by Crippen LogP contribution is 2.29. The second kappa shape index (κ2) is 8.06. The molecule has 2 aromatic carbocycles. The van der Waals surface area contributed by atoms with Gasteiger partial charge in [-0.25, -0.2) is 9.37 Å². The Morgan fingerprint density at radius 2 is 1.86 bits per heavy atom. The largest absolute Gasteiger partial charge is 0.355 e. The van der Waals surface area contributed by atoms with Gasteiger partial charge in [-0.1, -0.05) is 28.1 Å². The highest BCUT2D eigenvalue weighted by atomic mass is 79.9. The smallest absolute Gasteiger partial charge is 0.255 e. The normalized spacial score (nSPS) is 13.6. The zero-order valence-electron chi connectivity index (χ0n) is 15.0. The maximum Gasteiger partial charge on any atom is 0.255 e. The van der Waals surface area contributed by atoms with Crippen molar-refractivity contribution in [2.45, 2.75) is 12.8 Å². The van der Waals surface area contributed by atoms with Gasteiger partial charge in [0.1, 0.15) is 11.5 Å². The first-order valence-electron chi connectivity index (χ1n) is 9.04. The molecule has 0 aliphatic carbocycles. The van der Waals surface area contributed by atoms with E-state index in [-0.39, 0.29) is 11.6 Å². The van der Waals surface area contributed by atoms with Crippen molar-refractivity contribution < 1.29 is 9.18 Å². The molecule has 3 aromatic rings. The van der Waals surface area contributed by atoms with Crippen LogP contribution in [0, 0.1) is 5.82 Å². The van der Waals surface area contributed by atoms with Crippen LogP contribution in [0.25, 0.3) is 11.3 Å². The highest BCUT2D eigenvalue weighted by molar-refractivity contribution is 9.10. The third kappa shape index (κ3) is 3.89. The van der Waals surface area contributed by atoms with Gasteiger partial charge < -0.3 is 10.2 Å². The number of hydrogen-bond donors (Lipinski definition) is 1. The lowest BCUT2D eigenvalue weighted by Gasteiger charge is -2.19. The summed E-state index contributed by atoms with van der Waals surface area (Å²) in [7, 11) is 0. The molecule has 4 rings (SSSR count). The Bertz CT molecular complexity index is 1020. The van der Waals surface area contributed by atoms with E-state index in [9.17, 15) is 9.18 Å². The second-order valence-electron chi connectivity index (χ2n) is 6.58. The number of rotatable bonds is 4. The van der Waals surface area contributed by atoms with Gasteiger partial charge in [0.25, 0.3) is 5.91 Å². The SMILES string of the molecule is O=C(Nc1ccc(Br)cc1F)c1cccc(-c2nccnc2N2CCCC2)c1. The number of benzene rings is 2. The summed E-state index contributed by atoms with van der Waals surface area (Å²) in [6, 6.07) is 11.7. The molecule has 7 heteroatoms. The van der Waals surface area contributed by atoms with Crippen LogP contribution in [0.2, 0.25) is 0 Å². The van der Waals surface area contributed by atoms with Gasteiger partial charge in [0, 0.05) is 41.1 Å². The molecule has 1 amide bonds. The van der Waals surface area contributed by atoms with Crippen LogP contribution in [0.4, 0.5) is 15.9 Å². The van der Waals surface area contributed by atoms with E-state index in [0.29, 0.717) is 10.0 Å². The van der Waals surface area contributed by atoms with Crippen LogP contribution in [-0.2, 0) is 0 Å². The number of halogens is 2. The fraction of sp³-hybridized carbons (Fsp3) is 0.190. The summed E-state index contributed by atoms with van der Waals surface area (Å²) in [5, 5.41) is 2.62. The third-order valence-electron chi connectivity index (χ3n) is 4.66. The molecule has 1 aromatic heterocycles. The highest BCUT2D eigenvalue weighted by Gasteiger charge is 2.19. The van der Waals surface area contributed by atoms with Crippen molar-refractivity contribution in [3.8, 4) is 11.3 Å². The van der Waals surface area contributed by atoms with Crippen LogP contribution in [0.15, 0.2) is 59.3 Å². The molecular weight excluding hydrogens is 423 g/mol. The zero-order chi connectivity index (χ0) is 19.5. The number of carbonyl (C=O) groups excluding carboxylic acids is 1. The third-order valence-corrected chi connectivity index (χ3v) is 5.16. The van der Waals surface area contributed by atoms with Crippen LogP contribution in [-0.4, -0.2) is 29.0 Å². The number of anilines is 2. The van der Waals surface area contributed by atoms with E-state index in [4.69, 9.17) is 0 Å². The van der Waals surface area contributed by atoms with E-state index in [2.05, 4.69) is 36.1 Å². The maximum absolute atomic E-state index is 14.0. The standard InChI is InChI=1S/C21H18BrFN4O/c22-16-6-7-18(17(23)13-16)26-21(28)15-5-3-4-14(12-15)19-20(25-9-8-24-19)27-10-1-2-11-27/h3-9,12-13H,1-2,10-11H2,(H,26,28). The van der Waals surface area contributed by atoms with Crippen molar-refractivity contribution >= 4 is 33.3 Å². The number of carbonyl (C=O) groups is 1. The summed E-state index contributed by atoms with van der Waals surface area (Å²) in [6.07, 6.45) is 5.61. The summed E-state index contributed by atoms with van der Waals surface area (Å²) in [4.78, 5) is 23.9. The average Bonchev–Trinajstić information content (AvgIpc) is 3.25. The topological polar surface area (TPSA) is 58.1 Å². The summed E-state index contributed by atoms with van der Waals surface area (Å²) in [5.41, 5.74) is 2.11. The Labute approximate surface area is 170 Å². The Balaban J connectivity index is 1.62. The summed E-state index contributed by atoms with van der Waals surface area (Å²) >= 11 is 3.21. The van der Waals surface area contributed by atoms with Gasteiger partial charge in [-0.05, 0) is 43.2 Å². The van der Waals surface area contributed by atoms with Gasteiger partial charge in [-0.2, -0.15) is 0 Å². The van der Waals surface area contributed by atoms with Gasteiger partial charge >= 0.3 is 0 Å². The van der Waals surface area contributed by atoms with Gasteiger partial charge in [0.2, 0.25) is 0 Å². The predicted octanol–water partition coefficient (Wildman–Crippen LogP) is 4.90. The molecule has 1 fully saturated rings. The predicted molar refractivity (Wildman–Crippen MR) is 111 cm³/mol. The molecule has 1 aliphatic heterocycles. The number of amides is 1. The minimum absolute atomic E-state index is 0.135. The fourth-order valence-electron chi connectivity index (χ4n) is 3.29. The van der Waals surface area contributed by atoms with Gasteiger partial charge in [0.05, 0.1) is 5.69 Å². The second-order valence-corrected chi connectivity index (χ2v) is 7.50. The van der Waals surface area contributed by atoms with Crippen LogP contribution in [0.5, 0.6) is 0 Å². The number of aromatic nitrogens is 2. The van der Waals surface area contributed by atoms with Gasteiger partial charge in [-0.3, -0.25) is 9.78 Å². The molecule has 0 unspecified atom stereocenters. The lowest BCUT2D eigenvalue weighted by Crippen LogP contribution is -2.20. The lowest BCUT2D eigenvalue weighted by atomic mass is 10.1.